The smallest absolute Gasteiger partial charge is 0.175 e. The van der Waals surface area contributed by atoms with Crippen molar-refractivity contribution in [2.75, 3.05) is 6.26 Å². The minimum Gasteiger partial charge on any atom is -0.294 e. The summed E-state index contributed by atoms with van der Waals surface area (Å²) in [6.07, 6.45) is 1.84. The maximum atomic E-state index is 12.9. The van der Waals surface area contributed by atoms with Crippen molar-refractivity contribution in [1.82, 2.24) is 0 Å². The first kappa shape index (κ1) is 16.7. The predicted octanol–water partition coefficient (Wildman–Crippen LogP) is 4.00. The van der Waals surface area contributed by atoms with Crippen LogP contribution in [-0.4, -0.2) is 20.5 Å². The summed E-state index contributed by atoms with van der Waals surface area (Å²) < 4.78 is 23.3. The van der Waals surface area contributed by atoms with Gasteiger partial charge in [-0.3, -0.25) is 4.79 Å². The van der Waals surface area contributed by atoms with Crippen molar-refractivity contribution in [1.29, 1.82) is 0 Å². The van der Waals surface area contributed by atoms with Crippen molar-refractivity contribution in [2.45, 2.75) is 25.2 Å². The van der Waals surface area contributed by atoms with Gasteiger partial charge >= 0.3 is 0 Å². The summed E-state index contributed by atoms with van der Waals surface area (Å²) in [4.78, 5) is 13.2. The minimum atomic E-state index is -3.23. The first-order valence-corrected chi connectivity index (χ1v) is 9.73. The Morgan fingerprint density at radius 2 is 1.46 bits per heavy atom. The molecule has 0 unspecified atom stereocenters. The van der Waals surface area contributed by atoms with Gasteiger partial charge in [0, 0.05) is 17.2 Å². The van der Waals surface area contributed by atoms with E-state index < -0.39 is 15.3 Å². The monoisotopic (exact) mass is 340 g/mol. The molecule has 3 nitrogen and oxygen atoms in total. The second kappa shape index (κ2) is 5.71. The lowest BCUT2D eigenvalue weighted by Gasteiger charge is -2.15. The molecule has 1 aliphatic carbocycles. The molecule has 2 aromatic carbocycles. The van der Waals surface area contributed by atoms with Gasteiger partial charge in [-0.15, -0.1) is 0 Å². The van der Waals surface area contributed by atoms with Gasteiger partial charge in [-0.05, 0) is 35.3 Å². The van der Waals surface area contributed by atoms with Crippen molar-refractivity contribution in [3.05, 3.63) is 65.7 Å². The van der Waals surface area contributed by atoms with Crippen LogP contribution in [-0.2, 0) is 14.6 Å². The van der Waals surface area contributed by atoms with E-state index in [-0.39, 0.29) is 10.7 Å². The first-order valence-electron chi connectivity index (χ1n) is 7.84. The Hall–Kier alpha value is -2.20. The molecule has 0 heterocycles. The lowest BCUT2D eigenvalue weighted by molar-refractivity contribution is -0.120. The van der Waals surface area contributed by atoms with Gasteiger partial charge in [-0.2, -0.15) is 0 Å². The minimum absolute atomic E-state index is 0.135. The molecular formula is C20H20O3S. The number of benzene rings is 2. The molecule has 0 saturated heterocycles. The van der Waals surface area contributed by atoms with E-state index in [0.29, 0.717) is 6.42 Å². The van der Waals surface area contributed by atoms with E-state index in [9.17, 15) is 13.2 Å². The highest BCUT2D eigenvalue weighted by Gasteiger charge is 2.40. The average Bonchev–Trinajstić information content (AvgIpc) is 2.78. The third-order valence-corrected chi connectivity index (χ3v) is 5.58. The van der Waals surface area contributed by atoms with Gasteiger partial charge in [-0.1, -0.05) is 56.3 Å². The summed E-state index contributed by atoms with van der Waals surface area (Å²) in [6.45, 7) is 3.91. The summed E-state index contributed by atoms with van der Waals surface area (Å²) in [5.74, 6) is 0.135. The van der Waals surface area contributed by atoms with Crippen molar-refractivity contribution >= 4 is 26.8 Å². The van der Waals surface area contributed by atoms with Crippen molar-refractivity contribution in [2.24, 2.45) is 5.41 Å². The maximum absolute atomic E-state index is 12.9. The highest BCUT2D eigenvalue weighted by atomic mass is 32.2. The summed E-state index contributed by atoms with van der Waals surface area (Å²) in [5.41, 5.74) is 3.09. The number of carbonyl (C=O) groups excluding carboxylic acids is 1. The molecule has 0 N–H and O–H groups in total. The number of rotatable bonds is 3. The van der Waals surface area contributed by atoms with Crippen LogP contribution in [0.5, 0.6) is 0 Å². The fraction of sp³-hybridized carbons (Fsp3) is 0.250. The topological polar surface area (TPSA) is 51.2 Å². The molecule has 0 atom stereocenters. The summed E-state index contributed by atoms with van der Waals surface area (Å²) in [6, 6.07) is 16.5. The van der Waals surface area contributed by atoms with Gasteiger partial charge < -0.3 is 0 Å². The molecular weight excluding hydrogens is 320 g/mol. The van der Waals surface area contributed by atoms with Crippen LogP contribution in [0.4, 0.5) is 0 Å². The molecule has 2 aromatic rings. The van der Waals surface area contributed by atoms with Crippen LogP contribution in [0.3, 0.4) is 0 Å². The van der Waals surface area contributed by atoms with E-state index in [1.54, 1.807) is 24.3 Å². The molecule has 0 radical (unpaired) electrons. The highest BCUT2D eigenvalue weighted by molar-refractivity contribution is 7.90. The number of hydrogen-bond acceptors (Lipinski definition) is 3. The van der Waals surface area contributed by atoms with Crippen LogP contribution in [0.2, 0.25) is 0 Å². The molecule has 0 amide bonds. The van der Waals surface area contributed by atoms with E-state index in [0.717, 1.165) is 22.3 Å². The standard InChI is InChI=1S/C20H20O3S/c1-20(2)13-17(14-9-11-16(12-10-14)24(3,22)23)18(19(20)21)15-7-5-4-6-8-15/h4-12H,13H2,1-3H3. The lowest BCUT2D eigenvalue weighted by atomic mass is 9.86. The second-order valence-corrected chi connectivity index (χ2v) is 8.92. The first-order chi connectivity index (χ1) is 11.2. The van der Waals surface area contributed by atoms with E-state index >= 15 is 0 Å². The Kier molecular flexibility index (Phi) is 3.96. The Morgan fingerprint density at radius 1 is 0.875 bits per heavy atom. The highest BCUT2D eigenvalue weighted by Crippen LogP contribution is 2.46. The fourth-order valence-electron chi connectivity index (χ4n) is 3.15. The maximum Gasteiger partial charge on any atom is 0.175 e. The molecule has 0 aromatic heterocycles. The fourth-order valence-corrected chi connectivity index (χ4v) is 3.78. The molecule has 0 aliphatic heterocycles. The Labute approximate surface area is 142 Å². The number of allylic oxidation sites excluding steroid dienone is 2. The zero-order chi connectivity index (χ0) is 17.5. The number of Topliss-reactive ketones (excluding diaryl/α,β-unsaturated/α-hetero) is 1. The van der Waals surface area contributed by atoms with E-state index in [4.69, 9.17) is 0 Å². The van der Waals surface area contributed by atoms with Crippen LogP contribution < -0.4 is 0 Å². The molecule has 124 valence electrons. The molecule has 0 fully saturated rings. The lowest BCUT2D eigenvalue weighted by Crippen LogP contribution is -2.19. The van der Waals surface area contributed by atoms with Crippen LogP contribution in [0.25, 0.3) is 11.1 Å². The average molecular weight is 340 g/mol. The molecule has 0 spiro atoms. The molecule has 0 saturated carbocycles. The van der Waals surface area contributed by atoms with Gasteiger partial charge in [-0.25, -0.2) is 8.42 Å². The number of sulfone groups is 1. The number of ketones is 1. The van der Waals surface area contributed by atoms with Crippen LogP contribution in [0, 0.1) is 5.41 Å². The normalized spacial score (nSPS) is 17.4. The Morgan fingerprint density at radius 3 is 2.00 bits per heavy atom. The summed E-state index contributed by atoms with van der Waals surface area (Å²) >= 11 is 0. The van der Waals surface area contributed by atoms with Gasteiger partial charge in [0.1, 0.15) is 0 Å². The van der Waals surface area contributed by atoms with E-state index in [2.05, 4.69) is 0 Å². The molecule has 0 bridgehead atoms. The Balaban J connectivity index is 2.15. The quantitative estimate of drug-likeness (QED) is 0.848. The van der Waals surface area contributed by atoms with E-state index in [1.807, 2.05) is 44.2 Å². The zero-order valence-corrected chi connectivity index (χ0v) is 14.9. The second-order valence-electron chi connectivity index (χ2n) is 6.91. The van der Waals surface area contributed by atoms with Crippen LogP contribution in [0.1, 0.15) is 31.4 Å². The number of hydrogen-bond donors (Lipinski definition) is 0. The largest absolute Gasteiger partial charge is 0.294 e. The molecule has 3 rings (SSSR count). The zero-order valence-electron chi connectivity index (χ0n) is 14.0. The van der Waals surface area contributed by atoms with Crippen LogP contribution >= 0.6 is 0 Å². The van der Waals surface area contributed by atoms with Crippen molar-refractivity contribution < 1.29 is 13.2 Å². The van der Waals surface area contributed by atoms with Crippen LogP contribution in [0.15, 0.2) is 59.5 Å². The van der Waals surface area contributed by atoms with Gasteiger partial charge in [0.25, 0.3) is 0 Å². The van der Waals surface area contributed by atoms with Gasteiger partial charge in [0.05, 0.1) is 4.90 Å². The predicted molar refractivity (Wildman–Crippen MR) is 96.2 cm³/mol. The third-order valence-electron chi connectivity index (χ3n) is 4.46. The SMILES string of the molecule is CC1(C)CC(c2ccc(S(C)(=O)=O)cc2)=C(c2ccccc2)C1=O. The summed E-state index contributed by atoms with van der Waals surface area (Å²) in [5, 5.41) is 0. The van der Waals surface area contributed by atoms with Gasteiger partial charge in [0.15, 0.2) is 15.6 Å². The molecule has 4 heteroatoms. The molecule has 1 aliphatic rings. The van der Waals surface area contributed by atoms with Crippen molar-refractivity contribution in [3.63, 3.8) is 0 Å². The number of carbonyl (C=O) groups is 1. The van der Waals surface area contributed by atoms with Gasteiger partial charge in [0.2, 0.25) is 0 Å². The Bertz CT molecular complexity index is 919. The third kappa shape index (κ3) is 2.94. The van der Waals surface area contributed by atoms with E-state index in [1.165, 1.54) is 6.26 Å². The van der Waals surface area contributed by atoms with Crippen molar-refractivity contribution in [3.8, 4) is 0 Å². The molecule has 24 heavy (non-hydrogen) atoms. The summed E-state index contributed by atoms with van der Waals surface area (Å²) in [7, 11) is -3.23.